The van der Waals surface area contributed by atoms with Gasteiger partial charge in [-0.25, -0.2) is 0 Å². The molecule has 0 saturated heterocycles. The van der Waals surface area contributed by atoms with Gasteiger partial charge in [0, 0.05) is 13.1 Å². The fourth-order valence-corrected chi connectivity index (χ4v) is 2.01. The van der Waals surface area contributed by atoms with Crippen molar-refractivity contribution in [2.24, 2.45) is 0 Å². The summed E-state index contributed by atoms with van der Waals surface area (Å²) in [7, 11) is 0. The second kappa shape index (κ2) is 7.46. The Balaban J connectivity index is 2.13. The van der Waals surface area contributed by atoms with Crippen molar-refractivity contribution in [3.05, 3.63) is 41.7 Å². The van der Waals surface area contributed by atoms with Gasteiger partial charge in [0.1, 0.15) is 11.8 Å². The highest BCUT2D eigenvalue weighted by atomic mass is 16.5. The maximum atomic E-state index is 9.26. The van der Waals surface area contributed by atoms with Crippen LogP contribution < -0.4 is 10.1 Å². The second-order valence-corrected chi connectivity index (χ2v) is 4.76. The predicted octanol–water partition coefficient (Wildman–Crippen LogP) is 3.07. The Morgan fingerprint density at radius 3 is 2.95 bits per heavy atom. The Bertz CT molecular complexity index is 627. The van der Waals surface area contributed by atoms with E-state index in [1.165, 1.54) is 0 Å². The van der Waals surface area contributed by atoms with Gasteiger partial charge in [-0.2, -0.15) is 10.4 Å². The van der Waals surface area contributed by atoms with Crippen LogP contribution in [0.2, 0.25) is 0 Å². The molecule has 0 spiro atoms. The van der Waals surface area contributed by atoms with Crippen molar-refractivity contribution in [3.63, 3.8) is 0 Å². The molecule has 1 heterocycles. The molecule has 2 aromatic rings. The van der Waals surface area contributed by atoms with Crippen LogP contribution in [0.3, 0.4) is 0 Å². The summed E-state index contributed by atoms with van der Waals surface area (Å²) in [6, 6.07) is 7.84. The second-order valence-electron chi connectivity index (χ2n) is 4.76. The summed E-state index contributed by atoms with van der Waals surface area (Å²) in [5, 5.41) is 16.7. The lowest BCUT2D eigenvalue weighted by atomic mass is 10.1. The van der Waals surface area contributed by atoms with Gasteiger partial charge in [-0.3, -0.25) is 4.68 Å². The number of hydrogen-bond donors (Lipinski definition) is 1. The van der Waals surface area contributed by atoms with Gasteiger partial charge >= 0.3 is 0 Å². The lowest BCUT2D eigenvalue weighted by molar-refractivity contribution is 0.478. The molecule has 0 aliphatic heterocycles. The standard InChI is InChI=1S/C16H20N4O/c1-3-7-20-12-15(11-19-20)21-16-6-5-13(10-18-4-2)8-14(16)9-17/h5-6,8,11-12,18H,3-4,7,10H2,1-2H3. The zero-order valence-corrected chi connectivity index (χ0v) is 12.5. The Hall–Kier alpha value is -2.32. The van der Waals surface area contributed by atoms with Gasteiger partial charge in [-0.1, -0.05) is 19.9 Å². The minimum atomic E-state index is 0.536. The van der Waals surface area contributed by atoms with Crippen LogP contribution in [0.1, 0.15) is 31.4 Å². The Labute approximate surface area is 125 Å². The molecule has 1 aromatic carbocycles. The molecule has 2 rings (SSSR count). The molecule has 110 valence electrons. The van der Waals surface area contributed by atoms with E-state index in [4.69, 9.17) is 4.74 Å². The normalized spacial score (nSPS) is 10.3. The molecule has 0 atom stereocenters. The fraction of sp³-hybridized carbons (Fsp3) is 0.375. The SMILES string of the molecule is CCCn1cc(Oc2ccc(CNCC)cc2C#N)cn1. The average molecular weight is 284 g/mol. The first kappa shape index (κ1) is 15.1. The van der Waals surface area contributed by atoms with Gasteiger partial charge in [0.05, 0.1) is 18.0 Å². The van der Waals surface area contributed by atoms with E-state index in [1.54, 1.807) is 6.20 Å². The molecule has 1 N–H and O–H groups in total. The number of rotatable bonds is 7. The first-order valence-electron chi connectivity index (χ1n) is 7.20. The number of nitriles is 1. The molecule has 0 aliphatic rings. The minimum absolute atomic E-state index is 0.536. The minimum Gasteiger partial charge on any atom is -0.453 e. The van der Waals surface area contributed by atoms with Crippen LogP contribution in [-0.2, 0) is 13.1 Å². The van der Waals surface area contributed by atoms with E-state index in [2.05, 4.69) is 30.3 Å². The molecular formula is C16H20N4O. The number of nitrogens with one attached hydrogen (secondary N) is 1. The zero-order chi connectivity index (χ0) is 15.1. The van der Waals surface area contributed by atoms with Crippen molar-refractivity contribution in [2.45, 2.75) is 33.4 Å². The number of hydrogen-bond acceptors (Lipinski definition) is 4. The van der Waals surface area contributed by atoms with Gasteiger partial charge in [0.25, 0.3) is 0 Å². The fourth-order valence-electron chi connectivity index (χ4n) is 2.01. The maximum Gasteiger partial charge on any atom is 0.165 e. The van der Waals surface area contributed by atoms with E-state index in [0.29, 0.717) is 17.1 Å². The summed E-state index contributed by atoms with van der Waals surface area (Å²) in [5.41, 5.74) is 1.61. The van der Waals surface area contributed by atoms with Crippen LogP contribution in [-0.4, -0.2) is 16.3 Å². The summed E-state index contributed by atoms with van der Waals surface area (Å²) in [6.45, 7) is 6.66. The van der Waals surface area contributed by atoms with Gasteiger partial charge in [0.15, 0.2) is 5.75 Å². The largest absolute Gasteiger partial charge is 0.453 e. The molecule has 0 amide bonds. The molecular weight excluding hydrogens is 264 g/mol. The number of benzene rings is 1. The lowest BCUT2D eigenvalue weighted by Gasteiger charge is -2.08. The number of nitrogens with zero attached hydrogens (tertiary/aromatic N) is 3. The van der Waals surface area contributed by atoms with E-state index in [0.717, 1.165) is 31.6 Å². The molecule has 21 heavy (non-hydrogen) atoms. The zero-order valence-electron chi connectivity index (χ0n) is 12.5. The quantitative estimate of drug-likeness (QED) is 0.848. The summed E-state index contributed by atoms with van der Waals surface area (Å²) in [6.07, 6.45) is 4.53. The summed E-state index contributed by atoms with van der Waals surface area (Å²) >= 11 is 0. The van der Waals surface area contributed by atoms with E-state index in [1.807, 2.05) is 29.1 Å². The third-order valence-electron chi connectivity index (χ3n) is 3.03. The van der Waals surface area contributed by atoms with E-state index >= 15 is 0 Å². The smallest absolute Gasteiger partial charge is 0.165 e. The van der Waals surface area contributed by atoms with Gasteiger partial charge in [-0.05, 0) is 30.7 Å². The van der Waals surface area contributed by atoms with Crippen LogP contribution in [0, 0.1) is 11.3 Å². The van der Waals surface area contributed by atoms with E-state index in [9.17, 15) is 5.26 Å². The lowest BCUT2D eigenvalue weighted by Crippen LogP contribution is -2.11. The maximum absolute atomic E-state index is 9.26. The highest BCUT2D eigenvalue weighted by Gasteiger charge is 2.07. The van der Waals surface area contributed by atoms with Gasteiger partial charge in [-0.15, -0.1) is 0 Å². The molecule has 0 aliphatic carbocycles. The van der Waals surface area contributed by atoms with Crippen LogP contribution in [0.5, 0.6) is 11.5 Å². The van der Waals surface area contributed by atoms with Crippen molar-refractivity contribution in [1.82, 2.24) is 15.1 Å². The topological polar surface area (TPSA) is 62.9 Å². The van der Waals surface area contributed by atoms with Crippen molar-refractivity contribution in [3.8, 4) is 17.6 Å². The third kappa shape index (κ3) is 4.07. The first-order chi connectivity index (χ1) is 10.3. The molecule has 1 aromatic heterocycles. The molecule has 0 fully saturated rings. The van der Waals surface area contributed by atoms with Crippen molar-refractivity contribution >= 4 is 0 Å². The van der Waals surface area contributed by atoms with Crippen molar-refractivity contribution in [1.29, 1.82) is 5.26 Å². The Morgan fingerprint density at radius 2 is 2.24 bits per heavy atom. The van der Waals surface area contributed by atoms with Gasteiger partial charge in [0.2, 0.25) is 0 Å². The first-order valence-corrected chi connectivity index (χ1v) is 7.20. The summed E-state index contributed by atoms with van der Waals surface area (Å²) < 4.78 is 7.59. The Kier molecular flexibility index (Phi) is 5.35. The summed E-state index contributed by atoms with van der Waals surface area (Å²) in [5.74, 6) is 1.22. The highest BCUT2D eigenvalue weighted by molar-refractivity contribution is 5.47. The monoisotopic (exact) mass is 284 g/mol. The van der Waals surface area contributed by atoms with Crippen molar-refractivity contribution in [2.75, 3.05) is 6.54 Å². The van der Waals surface area contributed by atoms with Gasteiger partial charge < -0.3 is 10.1 Å². The van der Waals surface area contributed by atoms with Crippen molar-refractivity contribution < 1.29 is 4.74 Å². The third-order valence-corrected chi connectivity index (χ3v) is 3.03. The van der Waals surface area contributed by atoms with Crippen LogP contribution in [0.15, 0.2) is 30.6 Å². The van der Waals surface area contributed by atoms with Crippen LogP contribution >= 0.6 is 0 Å². The molecule has 0 radical (unpaired) electrons. The number of aryl methyl sites for hydroxylation is 1. The highest BCUT2D eigenvalue weighted by Crippen LogP contribution is 2.25. The average Bonchev–Trinajstić information content (AvgIpc) is 2.94. The molecule has 0 saturated carbocycles. The molecule has 0 unspecified atom stereocenters. The molecule has 5 heteroatoms. The van der Waals surface area contributed by atoms with E-state index in [-0.39, 0.29) is 0 Å². The number of aromatic nitrogens is 2. The van der Waals surface area contributed by atoms with Crippen LogP contribution in [0.25, 0.3) is 0 Å². The molecule has 0 bridgehead atoms. The van der Waals surface area contributed by atoms with Crippen LogP contribution in [0.4, 0.5) is 0 Å². The molecule has 5 nitrogen and oxygen atoms in total. The number of ether oxygens (including phenoxy) is 1. The predicted molar refractivity (Wildman–Crippen MR) is 81.1 cm³/mol. The Morgan fingerprint density at radius 1 is 1.38 bits per heavy atom. The summed E-state index contributed by atoms with van der Waals surface area (Å²) in [4.78, 5) is 0. The van der Waals surface area contributed by atoms with E-state index < -0.39 is 0 Å².